The highest BCUT2D eigenvalue weighted by Crippen LogP contribution is 2.34. The molecule has 39 heavy (non-hydrogen) atoms. The number of amides is 2. The maximum atomic E-state index is 13.8. The first-order valence-corrected chi connectivity index (χ1v) is 15.3. The molecule has 0 atom stereocenters. The Morgan fingerprint density at radius 1 is 0.744 bits per heavy atom. The van der Waals surface area contributed by atoms with Crippen LogP contribution in [0.5, 0.6) is 5.75 Å². The monoisotopic (exact) mass is 531 g/mol. The molecule has 2 aliphatic heterocycles. The zero-order chi connectivity index (χ0) is 26.9. The van der Waals surface area contributed by atoms with Crippen LogP contribution in [0.4, 0.5) is 5.69 Å². The molecule has 0 spiro atoms. The van der Waals surface area contributed by atoms with Gasteiger partial charge in [0.2, 0.25) is 5.91 Å². The molecule has 2 amide bonds. The van der Waals surface area contributed by atoms with Crippen LogP contribution in [0.1, 0.15) is 86.6 Å². The van der Waals surface area contributed by atoms with Gasteiger partial charge in [-0.05, 0) is 87.5 Å². The molecule has 3 aliphatic rings. The maximum Gasteiger partial charge on any atom is 0.254 e. The minimum atomic E-state index is 0.0413. The number of likely N-dealkylation sites (tertiary alicyclic amines) is 1. The Labute approximate surface area is 234 Å². The summed E-state index contributed by atoms with van der Waals surface area (Å²) in [6.45, 7) is 5.96. The first-order valence-electron chi connectivity index (χ1n) is 15.3. The summed E-state index contributed by atoms with van der Waals surface area (Å²) in [4.78, 5) is 33.5. The lowest BCUT2D eigenvalue weighted by Crippen LogP contribution is -2.36. The number of piperidine rings is 1. The molecule has 5 rings (SSSR count). The van der Waals surface area contributed by atoms with Gasteiger partial charge in [0.25, 0.3) is 5.91 Å². The number of benzene rings is 2. The minimum Gasteiger partial charge on any atom is -0.492 e. The molecule has 210 valence electrons. The van der Waals surface area contributed by atoms with E-state index in [0.717, 1.165) is 75.2 Å². The lowest BCUT2D eigenvalue weighted by Gasteiger charge is -2.28. The van der Waals surface area contributed by atoms with Crippen LogP contribution in [-0.2, 0) is 11.3 Å². The minimum absolute atomic E-state index is 0.0413. The van der Waals surface area contributed by atoms with E-state index in [4.69, 9.17) is 4.74 Å². The molecule has 0 bridgehead atoms. The zero-order valence-electron chi connectivity index (χ0n) is 23.5. The topological polar surface area (TPSA) is 53.1 Å². The molecule has 0 aromatic heterocycles. The number of para-hydroxylation sites is 1. The lowest BCUT2D eigenvalue weighted by molar-refractivity contribution is -0.119. The highest BCUT2D eigenvalue weighted by atomic mass is 16.5. The van der Waals surface area contributed by atoms with Crippen molar-refractivity contribution < 1.29 is 14.3 Å². The third-order valence-corrected chi connectivity index (χ3v) is 8.41. The van der Waals surface area contributed by atoms with E-state index >= 15 is 0 Å². The van der Waals surface area contributed by atoms with Gasteiger partial charge in [-0.2, -0.15) is 0 Å². The average molecular weight is 532 g/mol. The van der Waals surface area contributed by atoms with Gasteiger partial charge in [0, 0.05) is 43.3 Å². The number of ether oxygens (including phenoxy) is 1. The van der Waals surface area contributed by atoms with Crippen LogP contribution in [0.15, 0.2) is 48.5 Å². The largest absolute Gasteiger partial charge is 0.492 e. The summed E-state index contributed by atoms with van der Waals surface area (Å²) in [7, 11) is 0. The predicted molar refractivity (Wildman–Crippen MR) is 156 cm³/mol. The predicted octanol–water partition coefficient (Wildman–Crippen LogP) is 6.29. The second-order valence-electron chi connectivity index (χ2n) is 11.5. The zero-order valence-corrected chi connectivity index (χ0v) is 23.5. The Morgan fingerprint density at radius 2 is 1.38 bits per heavy atom. The molecule has 6 nitrogen and oxygen atoms in total. The van der Waals surface area contributed by atoms with Crippen molar-refractivity contribution in [1.82, 2.24) is 9.80 Å². The maximum absolute atomic E-state index is 13.8. The first kappa shape index (κ1) is 27.7. The average Bonchev–Trinajstić information content (AvgIpc) is 3.82. The van der Waals surface area contributed by atoms with Gasteiger partial charge in [-0.15, -0.1) is 0 Å². The van der Waals surface area contributed by atoms with E-state index in [1.165, 1.54) is 45.2 Å². The third kappa shape index (κ3) is 7.84. The summed E-state index contributed by atoms with van der Waals surface area (Å²) in [6, 6.07) is 15.8. The number of hydrogen-bond acceptors (Lipinski definition) is 4. The highest BCUT2D eigenvalue weighted by molar-refractivity contribution is 5.97. The molecule has 1 saturated carbocycles. The Bertz CT molecular complexity index is 1080. The summed E-state index contributed by atoms with van der Waals surface area (Å²) in [5.41, 5.74) is 2.71. The Balaban J connectivity index is 1.28. The van der Waals surface area contributed by atoms with Crippen LogP contribution in [0.2, 0.25) is 0 Å². The Kier molecular flexibility index (Phi) is 9.92. The molecule has 2 fully saturated rings. The van der Waals surface area contributed by atoms with Crippen LogP contribution < -0.4 is 9.64 Å². The molecule has 0 unspecified atom stereocenters. The van der Waals surface area contributed by atoms with Gasteiger partial charge < -0.3 is 14.5 Å². The van der Waals surface area contributed by atoms with Crippen LogP contribution in [0, 0.1) is 5.92 Å². The normalized spacial score (nSPS) is 19.8. The summed E-state index contributed by atoms with van der Waals surface area (Å²) in [5.74, 6) is 1.28. The summed E-state index contributed by atoms with van der Waals surface area (Å²) in [5, 5.41) is 0. The number of nitrogens with zero attached hydrogens (tertiary/aromatic N) is 3. The van der Waals surface area contributed by atoms with Gasteiger partial charge in [-0.25, -0.2) is 0 Å². The van der Waals surface area contributed by atoms with Crippen molar-refractivity contribution in [2.24, 2.45) is 5.92 Å². The molecule has 2 aromatic rings. The summed E-state index contributed by atoms with van der Waals surface area (Å²) in [6.07, 6.45) is 12.6. The first-order chi connectivity index (χ1) is 19.2. The van der Waals surface area contributed by atoms with E-state index in [9.17, 15) is 9.59 Å². The third-order valence-electron chi connectivity index (χ3n) is 8.41. The van der Waals surface area contributed by atoms with Crippen LogP contribution in [0.3, 0.4) is 0 Å². The lowest BCUT2D eigenvalue weighted by atomic mass is 10.1. The van der Waals surface area contributed by atoms with E-state index in [2.05, 4.69) is 17.0 Å². The van der Waals surface area contributed by atoms with Crippen molar-refractivity contribution in [2.45, 2.75) is 77.2 Å². The Morgan fingerprint density at radius 3 is 2.13 bits per heavy atom. The SMILES string of the molecule is O=C(c1ccc(OCCN2CCCCC2)cc1)N1CCCCCCCCN(C(=O)C2CC2)c2ccccc2C1. The van der Waals surface area contributed by atoms with E-state index in [-0.39, 0.29) is 17.7 Å². The van der Waals surface area contributed by atoms with Gasteiger partial charge in [-0.3, -0.25) is 14.5 Å². The fourth-order valence-electron chi connectivity index (χ4n) is 5.90. The van der Waals surface area contributed by atoms with Crippen molar-refractivity contribution in [3.63, 3.8) is 0 Å². The second-order valence-corrected chi connectivity index (χ2v) is 11.5. The quantitative estimate of drug-likeness (QED) is 0.440. The molecule has 0 N–H and O–H groups in total. The molecule has 1 saturated heterocycles. The second kappa shape index (κ2) is 14.0. The smallest absolute Gasteiger partial charge is 0.254 e. The number of rotatable bonds is 6. The fourth-order valence-corrected chi connectivity index (χ4v) is 5.90. The fraction of sp³-hybridized carbons (Fsp3) is 0.576. The van der Waals surface area contributed by atoms with Crippen molar-refractivity contribution in [1.29, 1.82) is 0 Å². The highest BCUT2D eigenvalue weighted by Gasteiger charge is 2.34. The van der Waals surface area contributed by atoms with Crippen molar-refractivity contribution in [2.75, 3.05) is 44.2 Å². The van der Waals surface area contributed by atoms with Gasteiger partial charge in [0.05, 0.1) is 0 Å². The molecular weight excluding hydrogens is 486 g/mol. The standard InChI is InChI=1S/C33H45N3O3/c37-32(27-16-18-30(19-17-27)39-25-24-34-20-8-5-9-21-34)35-22-10-3-1-2-4-11-23-36(33(38)28-14-15-28)31-13-7-6-12-29(31)26-35/h6-7,12-13,16-19,28H,1-5,8-11,14-15,20-26H2. The number of carbonyl (C=O) groups is 2. The molecule has 6 heteroatoms. The molecule has 1 aliphatic carbocycles. The number of hydrogen-bond donors (Lipinski definition) is 0. The number of anilines is 1. The summed E-state index contributed by atoms with van der Waals surface area (Å²) < 4.78 is 5.99. The van der Waals surface area contributed by atoms with Crippen molar-refractivity contribution in [3.05, 3.63) is 59.7 Å². The van der Waals surface area contributed by atoms with Crippen LogP contribution in [-0.4, -0.2) is 60.9 Å². The van der Waals surface area contributed by atoms with Crippen LogP contribution >= 0.6 is 0 Å². The van der Waals surface area contributed by atoms with E-state index in [1.807, 2.05) is 46.2 Å². The van der Waals surface area contributed by atoms with Crippen LogP contribution in [0.25, 0.3) is 0 Å². The van der Waals surface area contributed by atoms with Gasteiger partial charge in [-0.1, -0.05) is 50.3 Å². The molecule has 2 aromatic carbocycles. The van der Waals surface area contributed by atoms with E-state index in [1.54, 1.807) is 0 Å². The molecule has 0 radical (unpaired) electrons. The van der Waals surface area contributed by atoms with E-state index < -0.39 is 0 Å². The number of fused-ring (bicyclic) bond motifs is 1. The Hall–Kier alpha value is -2.86. The van der Waals surface area contributed by atoms with E-state index in [0.29, 0.717) is 18.7 Å². The van der Waals surface area contributed by atoms with Crippen molar-refractivity contribution in [3.8, 4) is 5.75 Å². The number of carbonyl (C=O) groups excluding carboxylic acids is 2. The molecular formula is C33H45N3O3. The van der Waals surface area contributed by atoms with Gasteiger partial charge >= 0.3 is 0 Å². The molecule has 2 heterocycles. The van der Waals surface area contributed by atoms with Gasteiger partial charge in [0.1, 0.15) is 12.4 Å². The summed E-state index contributed by atoms with van der Waals surface area (Å²) >= 11 is 0. The van der Waals surface area contributed by atoms with Gasteiger partial charge in [0.15, 0.2) is 0 Å². The van der Waals surface area contributed by atoms with Crippen molar-refractivity contribution >= 4 is 17.5 Å².